The third-order valence-electron chi connectivity index (χ3n) is 3.14. The van der Waals surface area contributed by atoms with Crippen molar-refractivity contribution < 1.29 is 4.79 Å². The zero-order valence-electron chi connectivity index (χ0n) is 8.54. The van der Waals surface area contributed by atoms with Crippen LogP contribution in [0.25, 0.3) is 0 Å². The maximum atomic E-state index is 12.0. The van der Waals surface area contributed by atoms with Crippen LogP contribution in [0.2, 0.25) is 0 Å². The van der Waals surface area contributed by atoms with E-state index in [-0.39, 0.29) is 18.0 Å². The molecule has 0 aromatic rings. The first-order valence-corrected chi connectivity index (χ1v) is 5.55. The maximum Gasteiger partial charge on any atom is 0.239 e. The van der Waals surface area contributed by atoms with Gasteiger partial charge in [0.05, 0.1) is 6.04 Å². The highest BCUT2D eigenvalue weighted by atomic mass is 16.2. The van der Waals surface area contributed by atoms with Crippen molar-refractivity contribution in [3.05, 3.63) is 0 Å². The van der Waals surface area contributed by atoms with E-state index in [0.717, 1.165) is 32.5 Å². The van der Waals surface area contributed by atoms with Crippen LogP contribution in [0.5, 0.6) is 0 Å². The second-order valence-corrected chi connectivity index (χ2v) is 4.34. The van der Waals surface area contributed by atoms with Gasteiger partial charge in [0.1, 0.15) is 0 Å². The molecule has 1 amide bonds. The summed E-state index contributed by atoms with van der Waals surface area (Å²) in [6.45, 7) is 2.57. The van der Waals surface area contributed by atoms with Gasteiger partial charge in [-0.15, -0.1) is 0 Å². The van der Waals surface area contributed by atoms with Crippen molar-refractivity contribution in [1.29, 1.82) is 0 Å². The van der Waals surface area contributed by atoms with Crippen molar-refractivity contribution in [3.63, 3.8) is 0 Å². The molecule has 2 saturated heterocycles. The Morgan fingerprint density at radius 2 is 2.21 bits per heavy atom. The molecule has 0 aliphatic carbocycles. The fourth-order valence-electron chi connectivity index (χ4n) is 2.27. The summed E-state index contributed by atoms with van der Waals surface area (Å²) in [5.41, 5.74) is 5.78. The zero-order valence-corrected chi connectivity index (χ0v) is 8.54. The van der Waals surface area contributed by atoms with Crippen LogP contribution < -0.4 is 11.1 Å². The highest BCUT2D eigenvalue weighted by molar-refractivity contribution is 5.82. The smallest absolute Gasteiger partial charge is 0.239 e. The average Bonchev–Trinajstić information content (AvgIpc) is 2.65. The minimum absolute atomic E-state index is 0.0639. The van der Waals surface area contributed by atoms with Crippen molar-refractivity contribution in [2.45, 2.75) is 37.8 Å². The minimum atomic E-state index is 0.0639. The predicted octanol–water partition coefficient (Wildman–Crippen LogP) is -0.312. The fraction of sp³-hybridized carbons (Fsp3) is 0.900. The van der Waals surface area contributed by atoms with E-state index in [1.54, 1.807) is 0 Å². The number of carbonyl (C=O) groups excluding carboxylic acids is 1. The maximum absolute atomic E-state index is 12.0. The fourth-order valence-corrected chi connectivity index (χ4v) is 2.27. The summed E-state index contributed by atoms with van der Waals surface area (Å²) in [4.78, 5) is 13.9. The number of amides is 1. The Kier molecular flexibility index (Phi) is 3.03. The van der Waals surface area contributed by atoms with E-state index >= 15 is 0 Å². The Morgan fingerprint density at radius 1 is 1.36 bits per heavy atom. The Hall–Kier alpha value is -0.610. The third-order valence-corrected chi connectivity index (χ3v) is 3.14. The van der Waals surface area contributed by atoms with Gasteiger partial charge in [-0.1, -0.05) is 6.42 Å². The number of piperidine rings is 1. The van der Waals surface area contributed by atoms with Crippen LogP contribution >= 0.6 is 0 Å². The topological polar surface area (TPSA) is 58.4 Å². The molecule has 1 unspecified atom stereocenters. The van der Waals surface area contributed by atoms with Gasteiger partial charge in [-0.05, 0) is 25.8 Å². The first kappa shape index (κ1) is 9.93. The number of rotatable bonds is 1. The van der Waals surface area contributed by atoms with Gasteiger partial charge >= 0.3 is 0 Å². The largest absolute Gasteiger partial charge is 0.340 e. The molecule has 2 heterocycles. The molecule has 0 bridgehead atoms. The van der Waals surface area contributed by atoms with Gasteiger partial charge < -0.3 is 16.0 Å². The highest BCUT2D eigenvalue weighted by Gasteiger charge is 2.29. The first-order valence-electron chi connectivity index (χ1n) is 5.55. The molecule has 2 aliphatic rings. The van der Waals surface area contributed by atoms with Crippen LogP contribution in [-0.4, -0.2) is 42.5 Å². The van der Waals surface area contributed by atoms with E-state index in [1.807, 2.05) is 4.90 Å². The lowest BCUT2D eigenvalue weighted by Gasteiger charge is -2.27. The second-order valence-electron chi connectivity index (χ2n) is 4.34. The summed E-state index contributed by atoms with van der Waals surface area (Å²) in [7, 11) is 0. The molecule has 14 heavy (non-hydrogen) atoms. The van der Waals surface area contributed by atoms with Gasteiger partial charge in [-0.3, -0.25) is 4.79 Å². The summed E-state index contributed by atoms with van der Waals surface area (Å²) in [5.74, 6) is 0.262. The molecular formula is C10H19N3O. The molecule has 2 atom stereocenters. The van der Waals surface area contributed by atoms with E-state index in [4.69, 9.17) is 5.73 Å². The highest BCUT2D eigenvalue weighted by Crippen LogP contribution is 2.13. The molecule has 0 aromatic carbocycles. The number of hydrogen-bond acceptors (Lipinski definition) is 3. The molecular weight excluding hydrogens is 178 g/mol. The van der Waals surface area contributed by atoms with Crippen LogP contribution in [0.15, 0.2) is 0 Å². The number of nitrogens with one attached hydrogen (secondary N) is 1. The molecule has 0 saturated carbocycles. The van der Waals surface area contributed by atoms with Crippen molar-refractivity contribution in [2.75, 3.05) is 19.6 Å². The summed E-state index contributed by atoms with van der Waals surface area (Å²) in [5, 5.41) is 3.28. The van der Waals surface area contributed by atoms with E-state index in [0.29, 0.717) is 0 Å². The molecule has 2 fully saturated rings. The second kappa shape index (κ2) is 4.28. The van der Waals surface area contributed by atoms with E-state index < -0.39 is 0 Å². The van der Waals surface area contributed by atoms with Gasteiger partial charge in [-0.2, -0.15) is 0 Å². The zero-order chi connectivity index (χ0) is 9.97. The minimum Gasteiger partial charge on any atom is -0.340 e. The van der Waals surface area contributed by atoms with Crippen molar-refractivity contribution >= 4 is 5.91 Å². The Morgan fingerprint density at radius 3 is 2.79 bits per heavy atom. The van der Waals surface area contributed by atoms with Crippen LogP contribution in [0.1, 0.15) is 25.7 Å². The van der Waals surface area contributed by atoms with Crippen LogP contribution in [-0.2, 0) is 4.79 Å². The Bertz CT molecular complexity index is 207. The standard InChI is InChI=1S/C10H19N3O/c11-8-4-6-13(7-8)10(14)9-3-1-2-5-12-9/h8-9,12H,1-7,11H2/t8?,9-/m0/s1. The van der Waals surface area contributed by atoms with Crippen LogP contribution in [0, 0.1) is 0 Å². The molecule has 80 valence electrons. The number of likely N-dealkylation sites (tertiary alicyclic amines) is 1. The van der Waals surface area contributed by atoms with E-state index in [1.165, 1.54) is 12.8 Å². The van der Waals surface area contributed by atoms with Gasteiger partial charge in [0.25, 0.3) is 0 Å². The summed E-state index contributed by atoms with van der Waals surface area (Å²) < 4.78 is 0. The molecule has 0 spiro atoms. The van der Waals surface area contributed by atoms with E-state index in [9.17, 15) is 4.79 Å². The predicted molar refractivity (Wildman–Crippen MR) is 54.8 cm³/mol. The Labute approximate surface area is 84.8 Å². The quantitative estimate of drug-likeness (QED) is 0.606. The molecule has 3 N–H and O–H groups in total. The average molecular weight is 197 g/mol. The van der Waals surface area contributed by atoms with Gasteiger partial charge in [0.15, 0.2) is 0 Å². The summed E-state index contributed by atoms with van der Waals surface area (Å²) in [6, 6.07) is 0.261. The van der Waals surface area contributed by atoms with Crippen LogP contribution in [0.4, 0.5) is 0 Å². The number of hydrogen-bond donors (Lipinski definition) is 2. The lowest BCUT2D eigenvalue weighted by atomic mass is 10.0. The molecule has 2 aliphatic heterocycles. The monoisotopic (exact) mass is 197 g/mol. The lowest BCUT2D eigenvalue weighted by molar-refractivity contribution is -0.133. The summed E-state index contributed by atoms with van der Waals surface area (Å²) >= 11 is 0. The Balaban J connectivity index is 1.87. The van der Waals surface area contributed by atoms with E-state index in [2.05, 4.69) is 5.32 Å². The number of nitrogens with zero attached hydrogens (tertiary/aromatic N) is 1. The number of carbonyl (C=O) groups is 1. The SMILES string of the molecule is NC1CCN(C(=O)[C@@H]2CCCCN2)C1. The van der Waals surface area contributed by atoms with Gasteiger partial charge in [-0.25, -0.2) is 0 Å². The van der Waals surface area contributed by atoms with Crippen molar-refractivity contribution in [2.24, 2.45) is 5.73 Å². The molecule has 0 radical (unpaired) electrons. The molecule has 2 rings (SSSR count). The molecule has 0 aromatic heterocycles. The van der Waals surface area contributed by atoms with Crippen molar-refractivity contribution in [3.8, 4) is 0 Å². The van der Waals surface area contributed by atoms with Crippen molar-refractivity contribution in [1.82, 2.24) is 10.2 Å². The lowest BCUT2D eigenvalue weighted by Crippen LogP contribution is -2.48. The van der Waals surface area contributed by atoms with Gasteiger partial charge in [0, 0.05) is 19.1 Å². The van der Waals surface area contributed by atoms with Gasteiger partial charge in [0.2, 0.25) is 5.91 Å². The third kappa shape index (κ3) is 2.07. The molecule has 4 nitrogen and oxygen atoms in total. The molecule has 4 heteroatoms. The summed E-state index contributed by atoms with van der Waals surface area (Å²) in [6.07, 6.45) is 4.32. The normalized spacial score (nSPS) is 33.4. The first-order chi connectivity index (χ1) is 6.77. The van der Waals surface area contributed by atoms with Crippen LogP contribution in [0.3, 0.4) is 0 Å². The number of nitrogens with two attached hydrogens (primary N) is 1.